The lowest BCUT2D eigenvalue weighted by molar-refractivity contribution is -0.198. The molecular formula is C33H32F3N5O3. The third kappa shape index (κ3) is 6.19. The Balaban J connectivity index is 1.24. The highest BCUT2D eigenvalue weighted by molar-refractivity contribution is 5.74. The number of alkyl halides is 3. The van der Waals surface area contributed by atoms with Crippen molar-refractivity contribution in [1.82, 2.24) is 15.3 Å². The Bertz CT molecular complexity index is 1620. The fraction of sp³-hybridized carbons (Fsp3) is 0.303. The minimum Gasteiger partial charge on any atom is -0.480 e. The molecule has 2 aliphatic heterocycles. The number of carboxylic acid groups (broad SMARTS) is 1. The zero-order chi connectivity index (χ0) is 30.9. The van der Waals surface area contributed by atoms with Crippen molar-refractivity contribution in [3.8, 4) is 28.1 Å². The van der Waals surface area contributed by atoms with Crippen LogP contribution in [0.1, 0.15) is 30.9 Å². The molecule has 0 bridgehead atoms. The number of carbonyl (C=O) groups is 1. The van der Waals surface area contributed by atoms with Crippen molar-refractivity contribution >= 4 is 17.7 Å². The van der Waals surface area contributed by atoms with Gasteiger partial charge < -0.3 is 25.8 Å². The molecule has 1 spiro atoms. The Labute approximate surface area is 252 Å². The highest BCUT2D eigenvalue weighted by Gasteiger charge is 2.45. The number of nitrogens with zero attached hydrogens (tertiary/aromatic N) is 3. The topological polar surface area (TPSA) is 114 Å². The summed E-state index contributed by atoms with van der Waals surface area (Å²) in [6.45, 7) is 1.71. The number of hydrogen-bond acceptors (Lipinski definition) is 7. The fourth-order valence-corrected chi connectivity index (χ4v) is 6.22. The number of hydrogen-bond donors (Lipinski definition) is 3. The van der Waals surface area contributed by atoms with Crippen LogP contribution in [0.25, 0.3) is 22.3 Å². The van der Waals surface area contributed by atoms with Crippen LogP contribution in [0.5, 0.6) is 5.88 Å². The maximum Gasteiger partial charge on any atom is 0.429 e. The van der Waals surface area contributed by atoms with Gasteiger partial charge in [-0.15, -0.1) is 0 Å². The third-order valence-corrected chi connectivity index (χ3v) is 8.60. The van der Waals surface area contributed by atoms with Crippen LogP contribution in [0.4, 0.5) is 24.9 Å². The molecule has 1 unspecified atom stereocenters. The lowest BCUT2D eigenvalue weighted by Crippen LogP contribution is -2.41. The van der Waals surface area contributed by atoms with E-state index in [1.54, 1.807) is 30.3 Å². The summed E-state index contributed by atoms with van der Waals surface area (Å²) in [5.74, 6) is -0.969. The standard InChI is InChI=1S/C33H32F3N5O3/c34-33(35,36)29(25-9-5-4-8-24(25)23-12-10-22(11-13-23)21-6-2-1-3-7-21)44-28-18-27(39-31(37)40-28)41-16-14-32(15-17-41)19-26(30(42)43)38-20-32/h1-13,18,26,29,38H,14-17,19-20H2,(H,42,43)(H2,37,39,40)/t26?,29-/m1/s1. The van der Waals surface area contributed by atoms with Crippen molar-refractivity contribution in [3.05, 3.63) is 90.5 Å². The molecule has 0 aliphatic carbocycles. The molecule has 44 heavy (non-hydrogen) atoms. The minimum atomic E-state index is -4.76. The zero-order valence-corrected chi connectivity index (χ0v) is 23.8. The first kappa shape index (κ1) is 29.4. The van der Waals surface area contributed by atoms with Gasteiger partial charge in [0.15, 0.2) is 0 Å². The summed E-state index contributed by atoms with van der Waals surface area (Å²) in [4.78, 5) is 21.6. The molecule has 228 valence electrons. The Kier molecular flexibility index (Phi) is 7.89. The molecule has 0 amide bonds. The van der Waals surface area contributed by atoms with Crippen LogP contribution in [0.3, 0.4) is 0 Å². The van der Waals surface area contributed by atoms with Gasteiger partial charge in [-0.3, -0.25) is 4.79 Å². The number of piperidine rings is 1. The Hall–Kier alpha value is -4.64. The number of nitrogens with one attached hydrogen (secondary N) is 1. The second-order valence-electron chi connectivity index (χ2n) is 11.5. The summed E-state index contributed by atoms with van der Waals surface area (Å²) in [6.07, 6.45) is -5.10. The lowest BCUT2D eigenvalue weighted by atomic mass is 9.76. The predicted molar refractivity (Wildman–Crippen MR) is 161 cm³/mol. The first-order valence-electron chi connectivity index (χ1n) is 14.4. The number of nitrogen functional groups attached to an aromatic ring is 1. The molecule has 2 aliphatic rings. The summed E-state index contributed by atoms with van der Waals surface area (Å²) in [5.41, 5.74) is 8.74. The Morgan fingerprint density at radius 2 is 1.59 bits per heavy atom. The van der Waals surface area contributed by atoms with E-state index in [4.69, 9.17) is 10.5 Å². The summed E-state index contributed by atoms with van der Waals surface area (Å²) in [5, 5.41) is 12.4. The summed E-state index contributed by atoms with van der Waals surface area (Å²) in [7, 11) is 0. The van der Waals surface area contributed by atoms with Crippen LogP contribution in [-0.2, 0) is 4.79 Å². The van der Waals surface area contributed by atoms with Crippen molar-refractivity contribution in [2.24, 2.45) is 5.41 Å². The molecule has 6 rings (SSSR count). The van der Waals surface area contributed by atoms with Gasteiger partial charge in [-0.1, -0.05) is 78.9 Å². The molecule has 0 radical (unpaired) electrons. The van der Waals surface area contributed by atoms with Crippen LogP contribution in [0.2, 0.25) is 0 Å². The maximum absolute atomic E-state index is 14.6. The maximum atomic E-state index is 14.6. The van der Waals surface area contributed by atoms with Gasteiger partial charge in [0, 0.05) is 31.3 Å². The molecule has 4 N–H and O–H groups in total. The second kappa shape index (κ2) is 11.8. The quantitative estimate of drug-likeness (QED) is 0.232. The zero-order valence-electron chi connectivity index (χ0n) is 23.8. The summed E-state index contributed by atoms with van der Waals surface area (Å²) in [6, 6.07) is 24.2. The molecule has 2 atom stereocenters. The number of nitrogens with two attached hydrogens (primary N) is 1. The number of ether oxygens (including phenoxy) is 1. The third-order valence-electron chi connectivity index (χ3n) is 8.60. The number of aliphatic carboxylic acids is 1. The van der Waals surface area contributed by atoms with Gasteiger partial charge in [0.05, 0.1) is 0 Å². The fourth-order valence-electron chi connectivity index (χ4n) is 6.22. The van der Waals surface area contributed by atoms with Gasteiger partial charge in [-0.05, 0) is 46.9 Å². The van der Waals surface area contributed by atoms with E-state index in [0.29, 0.717) is 55.8 Å². The van der Waals surface area contributed by atoms with Crippen molar-refractivity contribution in [2.75, 3.05) is 30.3 Å². The summed E-state index contributed by atoms with van der Waals surface area (Å²) >= 11 is 0. The van der Waals surface area contributed by atoms with Crippen molar-refractivity contribution in [1.29, 1.82) is 0 Å². The molecule has 0 saturated carbocycles. The predicted octanol–water partition coefficient (Wildman–Crippen LogP) is 6.11. The van der Waals surface area contributed by atoms with Crippen LogP contribution in [0.15, 0.2) is 84.9 Å². The highest BCUT2D eigenvalue weighted by Crippen LogP contribution is 2.43. The van der Waals surface area contributed by atoms with Crippen LogP contribution in [-0.4, -0.2) is 52.9 Å². The second-order valence-corrected chi connectivity index (χ2v) is 11.5. The number of carboxylic acids is 1. The van der Waals surface area contributed by atoms with Gasteiger partial charge in [-0.2, -0.15) is 23.1 Å². The van der Waals surface area contributed by atoms with Crippen molar-refractivity contribution in [2.45, 2.75) is 37.6 Å². The van der Waals surface area contributed by atoms with Gasteiger partial charge in [-0.25, -0.2) is 0 Å². The van der Waals surface area contributed by atoms with E-state index in [1.165, 1.54) is 12.1 Å². The van der Waals surface area contributed by atoms with Gasteiger partial charge in [0.25, 0.3) is 0 Å². The number of aromatic nitrogens is 2. The SMILES string of the molecule is Nc1nc(O[C@H](c2ccccc2-c2ccc(-c3ccccc3)cc2)C(F)(F)F)cc(N2CCC3(CC2)CNC(C(=O)O)C3)n1. The summed E-state index contributed by atoms with van der Waals surface area (Å²) < 4.78 is 49.5. The van der Waals surface area contributed by atoms with E-state index in [0.717, 1.165) is 11.1 Å². The monoisotopic (exact) mass is 603 g/mol. The Morgan fingerprint density at radius 3 is 2.25 bits per heavy atom. The number of benzene rings is 3. The first-order chi connectivity index (χ1) is 21.1. The van der Waals surface area contributed by atoms with Gasteiger partial charge in [0.1, 0.15) is 11.9 Å². The van der Waals surface area contributed by atoms with Gasteiger partial charge >= 0.3 is 12.1 Å². The number of halogens is 3. The molecule has 2 fully saturated rings. The van der Waals surface area contributed by atoms with E-state index in [9.17, 15) is 23.1 Å². The smallest absolute Gasteiger partial charge is 0.429 e. The van der Waals surface area contributed by atoms with Crippen molar-refractivity contribution < 1.29 is 27.8 Å². The Morgan fingerprint density at radius 1 is 0.955 bits per heavy atom. The van der Waals surface area contributed by atoms with Crippen LogP contribution >= 0.6 is 0 Å². The normalized spacial score (nSPS) is 18.7. The molecule has 11 heteroatoms. The van der Waals surface area contributed by atoms with E-state index in [1.807, 2.05) is 47.4 Å². The molecular weight excluding hydrogens is 571 g/mol. The van der Waals surface area contributed by atoms with E-state index in [-0.39, 0.29) is 22.8 Å². The lowest BCUT2D eigenvalue weighted by Gasteiger charge is -2.39. The average molecular weight is 604 g/mol. The molecule has 1 aromatic heterocycles. The average Bonchev–Trinajstić information content (AvgIpc) is 3.44. The van der Waals surface area contributed by atoms with Crippen LogP contribution in [0, 0.1) is 5.41 Å². The first-order valence-corrected chi connectivity index (χ1v) is 14.4. The number of anilines is 2. The van der Waals surface area contributed by atoms with Crippen LogP contribution < -0.4 is 20.7 Å². The van der Waals surface area contributed by atoms with Crippen molar-refractivity contribution in [3.63, 3.8) is 0 Å². The highest BCUT2D eigenvalue weighted by atomic mass is 19.4. The van der Waals surface area contributed by atoms with E-state index >= 15 is 0 Å². The van der Waals surface area contributed by atoms with E-state index < -0.39 is 24.3 Å². The largest absolute Gasteiger partial charge is 0.480 e. The minimum absolute atomic E-state index is 0.0483. The molecule has 4 aromatic rings. The van der Waals surface area contributed by atoms with E-state index in [2.05, 4.69) is 15.3 Å². The number of rotatable bonds is 7. The molecule has 8 nitrogen and oxygen atoms in total. The molecule has 3 aromatic carbocycles. The molecule has 2 saturated heterocycles. The molecule has 3 heterocycles. The van der Waals surface area contributed by atoms with Gasteiger partial charge in [0.2, 0.25) is 17.9 Å².